The van der Waals surface area contributed by atoms with Gasteiger partial charge < -0.3 is 20.5 Å². The van der Waals surface area contributed by atoms with Crippen LogP contribution in [0.2, 0.25) is 0 Å². The number of esters is 1. The summed E-state index contributed by atoms with van der Waals surface area (Å²) in [5.41, 5.74) is 1.09. The number of nitrogens with zero attached hydrogens (tertiary/aromatic N) is 3. The van der Waals surface area contributed by atoms with Crippen LogP contribution in [0.25, 0.3) is 0 Å². The number of amides is 2. The average Bonchev–Trinajstić information content (AvgIpc) is 3.56. The number of ether oxygens (including phenoxy) is 1. The standard InChI is InChI=1S/C33H40N6O9S/c1-21(2)26(33(45)34-25(14-15-49(3,46)47)18-28-36-38-39-37-28)19-27(40)31(23-12-8-5-9-13-23)35-32(44)24(16-29(41)42)17-30(43)48-20-22-10-6-4-7-11-22/h4-15,21,24-26,31H,16-20H2,1-3H3,(H,34,45)(H,35,44)(H,41,42)(H,36,37,38,39)/b15-14+/t24-,25-,26-,31+/m1/s1. The van der Waals surface area contributed by atoms with Gasteiger partial charge in [0.15, 0.2) is 21.4 Å². The number of aromatic nitrogens is 4. The van der Waals surface area contributed by atoms with Crippen molar-refractivity contribution in [1.29, 1.82) is 0 Å². The number of hydrogen-bond donors (Lipinski definition) is 4. The maximum Gasteiger partial charge on any atom is 0.306 e. The Kier molecular flexibility index (Phi) is 14.3. The summed E-state index contributed by atoms with van der Waals surface area (Å²) in [7, 11) is -3.54. The van der Waals surface area contributed by atoms with Crippen molar-refractivity contribution in [3.63, 3.8) is 0 Å². The van der Waals surface area contributed by atoms with Crippen LogP contribution in [0.3, 0.4) is 0 Å². The van der Waals surface area contributed by atoms with Crippen molar-refractivity contribution in [3.8, 4) is 0 Å². The van der Waals surface area contributed by atoms with Gasteiger partial charge in [0.25, 0.3) is 0 Å². The van der Waals surface area contributed by atoms with Gasteiger partial charge in [0.05, 0.1) is 24.8 Å². The second kappa shape index (κ2) is 18.3. The number of sulfone groups is 1. The Morgan fingerprint density at radius 3 is 2.14 bits per heavy atom. The fourth-order valence-corrected chi connectivity index (χ4v) is 5.32. The van der Waals surface area contributed by atoms with Crippen LogP contribution in [-0.4, -0.2) is 76.0 Å². The quantitative estimate of drug-likeness (QED) is 0.132. The topological polar surface area (TPSA) is 227 Å². The molecule has 0 radical (unpaired) electrons. The lowest BCUT2D eigenvalue weighted by Gasteiger charge is -2.26. The van der Waals surface area contributed by atoms with E-state index in [9.17, 15) is 37.5 Å². The minimum atomic E-state index is -3.54. The summed E-state index contributed by atoms with van der Waals surface area (Å²) in [6, 6.07) is 14.9. The predicted molar refractivity (Wildman–Crippen MR) is 176 cm³/mol. The third-order valence-electron chi connectivity index (χ3n) is 7.43. The van der Waals surface area contributed by atoms with Gasteiger partial charge >= 0.3 is 11.9 Å². The SMILES string of the molecule is CC(C)[C@@H](CC(=O)[C@@H](NC(=O)[C@H](CC(=O)O)CC(=O)OCc1ccccc1)c1ccccc1)C(=O)N[C@H](/C=C/S(C)(=O)=O)Cc1nn[nH]n1. The Balaban J connectivity index is 1.79. The number of rotatable bonds is 19. The highest BCUT2D eigenvalue weighted by molar-refractivity contribution is 7.93. The Labute approximate surface area is 283 Å². The van der Waals surface area contributed by atoms with E-state index < -0.39 is 76.1 Å². The Morgan fingerprint density at radius 2 is 1.57 bits per heavy atom. The van der Waals surface area contributed by atoms with Crippen molar-refractivity contribution < 1.29 is 42.2 Å². The molecule has 3 rings (SSSR count). The molecule has 0 saturated carbocycles. The smallest absolute Gasteiger partial charge is 0.306 e. The van der Waals surface area contributed by atoms with Gasteiger partial charge in [0.1, 0.15) is 12.6 Å². The van der Waals surface area contributed by atoms with Crippen LogP contribution in [0, 0.1) is 17.8 Å². The van der Waals surface area contributed by atoms with Gasteiger partial charge in [-0.1, -0.05) is 85.8 Å². The largest absolute Gasteiger partial charge is 0.481 e. The van der Waals surface area contributed by atoms with E-state index in [0.717, 1.165) is 11.7 Å². The maximum atomic E-state index is 13.9. The van der Waals surface area contributed by atoms with E-state index in [0.29, 0.717) is 11.1 Å². The molecule has 0 bridgehead atoms. The molecule has 49 heavy (non-hydrogen) atoms. The molecule has 262 valence electrons. The first-order valence-electron chi connectivity index (χ1n) is 15.4. The van der Waals surface area contributed by atoms with Crippen molar-refractivity contribution >= 4 is 39.4 Å². The lowest BCUT2D eigenvalue weighted by atomic mass is 9.86. The minimum Gasteiger partial charge on any atom is -0.481 e. The molecule has 4 N–H and O–H groups in total. The molecule has 3 aromatic rings. The van der Waals surface area contributed by atoms with Gasteiger partial charge in [-0.15, -0.1) is 10.2 Å². The van der Waals surface area contributed by atoms with Crippen molar-refractivity contribution in [3.05, 3.63) is 89.1 Å². The van der Waals surface area contributed by atoms with Gasteiger partial charge in [-0.05, 0) is 17.0 Å². The van der Waals surface area contributed by atoms with Crippen LogP contribution in [0.4, 0.5) is 0 Å². The Morgan fingerprint density at radius 1 is 0.918 bits per heavy atom. The number of aliphatic carboxylic acids is 1. The van der Waals surface area contributed by atoms with E-state index >= 15 is 0 Å². The highest BCUT2D eigenvalue weighted by Gasteiger charge is 2.34. The van der Waals surface area contributed by atoms with Crippen molar-refractivity contribution in [2.75, 3.05) is 6.26 Å². The summed E-state index contributed by atoms with van der Waals surface area (Å²) in [5, 5.41) is 29.3. The second-order valence-corrected chi connectivity index (χ2v) is 13.8. The molecule has 0 aliphatic rings. The van der Waals surface area contributed by atoms with E-state index in [2.05, 4.69) is 31.3 Å². The molecule has 15 nitrogen and oxygen atoms in total. The van der Waals surface area contributed by atoms with Crippen LogP contribution in [-0.2, 0) is 51.6 Å². The Bertz CT molecular complexity index is 1700. The summed E-state index contributed by atoms with van der Waals surface area (Å²) in [4.78, 5) is 65.2. The van der Waals surface area contributed by atoms with Crippen LogP contribution in [0.5, 0.6) is 0 Å². The minimum absolute atomic E-state index is 0.00840. The number of Topliss-reactive ketones (excluding diaryl/α,β-unsaturated/α-hetero) is 1. The van der Waals surface area contributed by atoms with E-state index in [4.69, 9.17) is 4.74 Å². The van der Waals surface area contributed by atoms with Crippen molar-refractivity contribution in [2.45, 2.75) is 58.2 Å². The van der Waals surface area contributed by atoms with E-state index in [1.54, 1.807) is 74.5 Å². The summed E-state index contributed by atoms with van der Waals surface area (Å²) < 4.78 is 28.8. The predicted octanol–water partition coefficient (Wildman–Crippen LogP) is 2.10. The summed E-state index contributed by atoms with van der Waals surface area (Å²) >= 11 is 0. The summed E-state index contributed by atoms with van der Waals surface area (Å²) in [6.45, 7) is 3.40. The molecule has 0 fully saturated rings. The number of benzene rings is 2. The van der Waals surface area contributed by atoms with Gasteiger partial charge in [-0.2, -0.15) is 5.21 Å². The zero-order chi connectivity index (χ0) is 36.0. The van der Waals surface area contributed by atoms with Crippen LogP contribution >= 0.6 is 0 Å². The van der Waals surface area contributed by atoms with Gasteiger partial charge in [-0.25, -0.2) is 8.42 Å². The molecule has 2 amide bonds. The van der Waals surface area contributed by atoms with E-state index in [1.165, 1.54) is 6.08 Å². The lowest BCUT2D eigenvalue weighted by Crippen LogP contribution is -2.44. The van der Waals surface area contributed by atoms with Crippen LogP contribution in [0.15, 0.2) is 72.1 Å². The first kappa shape index (κ1) is 38.2. The average molecular weight is 697 g/mol. The number of hydrogen-bond acceptors (Lipinski definition) is 11. The highest BCUT2D eigenvalue weighted by Crippen LogP contribution is 2.24. The molecular formula is C33H40N6O9S. The Hall–Kier alpha value is -5.25. The van der Waals surface area contributed by atoms with Gasteiger partial charge in [0.2, 0.25) is 11.8 Å². The molecule has 0 saturated heterocycles. The molecule has 0 aliphatic heterocycles. The zero-order valence-electron chi connectivity index (χ0n) is 27.3. The first-order valence-corrected chi connectivity index (χ1v) is 17.4. The number of H-pyrrole nitrogens is 1. The number of aromatic amines is 1. The number of carboxylic acid groups (broad SMARTS) is 1. The monoisotopic (exact) mass is 696 g/mol. The molecule has 16 heteroatoms. The highest BCUT2D eigenvalue weighted by atomic mass is 32.2. The molecule has 0 aliphatic carbocycles. The van der Waals surface area contributed by atoms with Gasteiger partial charge in [0, 0.05) is 30.4 Å². The zero-order valence-corrected chi connectivity index (χ0v) is 28.1. The number of carbonyl (C=O) groups excluding carboxylic acids is 4. The molecule has 1 heterocycles. The first-order chi connectivity index (χ1) is 23.2. The van der Waals surface area contributed by atoms with Crippen molar-refractivity contribution in [2.24, 2.45) is 17.8 Å². The molecule has 0 unspecified atom stereocenters. The maximum absolute atomic E-state index is 13.9. The fourth-order valence-electron chi connectivity index (χ4n) is 4.85. The molecule has 2 aromatic carbocycles. The van der Waals surface area contributed by atoms with E-state index in [-0.39, 0.29) is 31.2 Å². The van der Waals surface area contributed by atoms with Crippen molar-refractivity contribution in [1.82, 2.24) is 31.3 Å². The summed E-state index contributed by atoms with van der Waals surface area (Å²) in [5.74, 6) is -6.49. The third kappa shape index (κ3) is 13.4. The van der Waals surface area contributed by atoms with Crippen LogP contribution in [0.1, 0.15) is 56.1 Å². The molecule has 1 aromatic heterocycles. The summed E-state index contributed by atoms with van der Waals surface area (Å²) in [6.07, 6.45) is 0.718. The van der Waals surface area contributed by atoms with Gasteiger partial charge in [-0.3, -0.25) is 24.0 Å². The number of carboxylic acids is 1. The molecular weight excluding hydrogens is 656 g/mol. The number of ketones is 1. The molecule has 0 spiro atoms. The van der Waals surface area contributed by atoms with Crippen LogP contribution < -0.4 is 10.6 Å². The lowest BCUT2D eigenvalue weighted by molar-refractivity contribution is -0.150. The number of nitrogens with one attached hydrogen (secondary N) is 3. The third-order valence-corrected chi connectivity index (χ3v) is 8.08. The van der Waals surface area contributed by atoms with E-state index in [1.807, 2.05) is 0 Å². The second-order valence-electron chi connectivity index (χ2n) is 11.8. The number of tetrazole rings is 1. The number of carbonyl (C=O) groups is 5. The normalized spacial score (nSPS) is 14.0. The fraction of sp³-hybridized carbons (Fsp3) is 0.394. The molecule has 4 atom stereocenters.